The molecule has 25 heavy (non-hydrogen) atoms. The maximum Gasteiger partial charge on any atom is 0.348 e. The smallest absolute Gasteiger partial charge is 0.348 e. The summed E-state index contributed by atoms with van der Waals surface area (Å²) in [6, 6.07) is 7.30. The molecule has 0 amide bonds. The Labute approximate surface area is 155 Å². The summed E-state index contributed by atoms with van der Waals surface area (Å²) in [6.07, 6.45) is 3.05. The van der Waals surface area contributed by atoms with Crippen molar-refractivity contribution >= 4 is 33.2 Å². The van der Waals surface area contributed by atoms with Crippen molar-refractivity contribution < 1.29 is 4.42 Å². The lowest BCUT2D eigenvalue weighted by molar-refractivity contribution is 0.218. The molecule has 3 nitrogen and oxygen atoms in total. The fraction of sp³-hybridized carbons (Fsp3) is 0.400. The number of hydrogen-bond acceptors (Lipinski definition) is 4. The highest BCUT2D eigenvalue weighted by molar-refractivity contribution is 7.18. The van der Waals surface area contributed by atoms with Gasteiger partial charge in [0.1, 0.15) is 10.2 Å². The highest BCUT2D eigenvalue weighted by Crippen LogP contribution is 2.42. The van der Waals surface area contributed by atoms with Gasteiger partial charge in [-0.15, -0.1) is 11.3 Å². The first-order valence-corrected chi connectivity index (χ1v) is 9.74. The zero-order chi connectivity index (χ0) is 17.8. The Morgan fingerprint density at radius 2 is 2.04 bits per heavy atom. The van der Waals surface area contributed by atoms with Crippen LogP contribution in [0.3, 0.4) is 0 Å². The number of rotatable bonds is 1. The third-order valence-corrected chi connectivity index (χ3v) is 6.65. The summed E-state index contributed by atoms with van der Waals surface area (Å²) < 4.78 is 5.53. The molecule has 0 saturated carbocycles. The van der Waals surface area contributed by atoms with Crippen LogP contribution < -0.4 is 5.63 Å². The quantitative estimate of drug-likeness (QED) is 0.547. The Morgan fingerprint density at radius 1 is 1.28 bits per heavy atom. The topological polar surface area (TPSA) is 43.1 Å². The van der Waals surface area contributed by atoms with Crippen molar-refractivity contribution in [2.75, 3.05) is 0 Å². The van der Waals surface area contributed by atoms with Crippen LogP contribution in [-0.4, -0.2) is 4.98 Å². The van der Waals surface area contributed by atoms with E-state index in [1.807, 2.05) is 18.2 Å². The van der Waals surface area contributed by atoms with E-state index in [1.54, 1.807) is 17.4 Å². The van der Waals surface area contributed by atoms with Crippen LogP contribution >= 0.6 is 22.9 Å². The molecule has 4 rings (SSSR count). The third-order valence-electron chi connectivity index (χ3n) is 5.17. The molecule has 1 aliphatic rings. The van der Waals surface area contributed by atoms with Gasteiger partial charge >= 0.3 is 5.63 Å². The van der Waals surface area contributed by atoms with Crippen LogP contribution in [0.5, 0.6) is 0 Å². The number of aryl methyl sites for hydroxylation is 1. The van der Waals surface area contributed by atoms with E-state index in [9.17, 15) is 4.79 Å². The van der Waals surface area contributed by atoms with Crippen LogP contribution in [0.4, 0.5) is 0 Å². The zero-order valence-corrected chi connectivity index (χ0v) is 16.1. The van der Waals surface area contributed by atoms with Gasteiger partial charge in [-0.2, -0.15) is 0 Å². The Bertz CT molecular complexity index is 1010. The minimum absolute atomic E-state index is 0.273. The van der Waals surface area contributed by atoms with E-state index in [4.69, 9.17) is 16.0 Å². The van der Waals surface area contributed by atoms with Crippen LogP contribution in [0.25, 0.3) is 21.7 Å². The van der Waals surface area contributed by atoms with Gasteiger partial charge in [0.2, 0.25) is 5.89 Å². The van der Waals surface area contributed by atoms with Crippen LogP contribution in [0.2, 0.25) is 5.02 Å². The molecule has 1 aliphatic carbocycles. The second-order valence-electron chi connectivity index (χ2n) is 7.78. The molecule has 0 aliphatic heterocycles. The normalized spacial score (nSPS) is 17.7. The van der Waals surface area contributed by atoms with E-state index < -0.39 is 0 Å². The van der Waals surface area contributed by atoms with Gasteiger partial charge in [0, 0.05) is 4.88 Å². The fourth-order valence-electron chi connectivity index (χ4n) is 3.60. The summed E-state index contributed by atoms with van der Waals surface area (Å²) in [5.74, 6) is 0.928. The number of benzene rings is 1. The maximum absolute atomic E-state index is 12.7. The summed E-state index contributed by atoms with van der Waals surface area (Å²) in [7, 11) is 0. The molecule has 2 heterocycles. The van der Waals surface area contributed by atoms with Crippen molar-refractivity contribution in [3.63, 3.8) is 0 Å². The Kier molecular flexibility index (Phi) is 4.00. The van der Waals surface area contributed by atoms with Gasteiger partial charge in [0.15, 0.2) is 0 Å². The third kappa shape index (κ3) is 2.91. The Hall–Kier alpha value is -1.65. The zero-order valence-electron chi connectivity index (χ0n) is 14.6. The molecule has 0 fully saturated rings. The molecule has 0 unspecified atom stereocenters. The molecule has 3 aromatic rings. The highest BCUT2D eigenvalue weighted by atomic mass is 35.5. The van der Waals surface area contributed by atoms with E-state index in [0.29, 0.717) is 27.8 Å². The average Bonchev–Trinajstić information content (AvgIpc) is 2.92. The molecule has 130 valence electrons. The lowest BCUT2D eigenvalue weighted by Gasteiger charge is -2.33. The maximum atomic E-state index is 12.7. The number of halogens is 1. The lowest BCUT2D eigenvalue weighted by Crippen LogP contribution is -2.26. The van der Waals surface area contributed by atoms with Gasteiger partial charge < -0.3 is 4.42 Å². The van der Waals surface area contributed by atoms with E-state index in [-0.39, 0.29) is 11.0 Å². The minimum Gasteiger partial charge on any atom is -0.403 e. The molecular weight excluding hydrogens is 354 g/mol. The van der Waals surface area contributed by atoms with E-state index in [2.05, 4.69) is 25.8 Å². The van der Waals surface area contributed by atoms with Crippen molar-refractivity contribution in [2.45, 2.75) is 40.0 Å². The van der Waals surface area contributed by atoms with Crippen molar-refractivity contribution in [1.29, 1.82) is 0 Å². The first-order valence-electron chi connectivity index (χ1n) is 8.55. The lowest BCUT2D eigenvalue weighted by atomic mass is 9.72. The molecule has 0 bridgehead atoms. The van der Waals surface area contributed by atoms with Crippen molar-refractivity contribution in [2.24, 2.45) is 11.3 Å². The van der Waals surface area contributed by atoms with Crippen LogP contribution in [0.15, 0.2) is 33.5 Å². The number of fused-ring (bicyclic) bond motifs is 3. The molecular formula is C20H20ClNO2S. The Morgan fingerprint density at radius 3 is 2.76 bits per heavy atom. The molecule has 1 aromatic carbocycles. The van der Waals surface area contributed by atoms with Crippen molar-refractivity contribution in [3.8, 4) is 11.5 Å². The van der Waals surface area contributed by atoms with E-state index in [0.717, 1.165) is 29.7 Å². The summed E-state index contributed by atoms with van der Waals surface area (Å²) in [4.78, 5) is 19.3. The average molecular weight is 374 g/mol. The van der Waals surface area contributed by atoms with E-state index >= 15 is 0 Å². The van der Waals surface area contributed by atoms with Crippen molar-refractivity contribution in [1.82, 2.24) is 4.98 Å². The first kappa shape index (κ1) is 16.8. The Balaban J connectivity index is 1.85. The molecule has 5 heteroatoms. The molecule has 0 radical (unpaired) electrons. The molecule has 2 aromatic heterocycles. The SMILES string of the molecule is CC(C)(C)[C@H]1CCc2c(sc3nc(-c4ccccc4Cl)oc(=O)c23)C1. The van der Waals surface area contributed by atoms with E-state index in [1.165, 1.54) is 4.88 Å². The molecule has 1 atom stereocenters. The predicted molar refractivity (Wildman–Crippen MR) is 104 cm³/mol. The highest BCUT2D eigenvalue weighted by Gasteiger charge is 2.32. The van der Waals surface area contributed by atoms with Crippen LogP contribution in [0, 0.1) is 11.3 Å². The summed E-state index contributed by atoms with van der Waals surface area (Å²) in [5, 5.41) is 1.20. The van der Waals surface area contributed by atoms with Gasteiger partial charge in [0.05, 0.1) is 10.6 Å². The molecule has 0 N–H and O–H groups in total. The van der Waals surface area contributed by atoms with Crippen molar-refractivity contribution in [3.05, 3.63) is 50.1 Å². The number of hydrogen-bond donors (Lipinski definition) is 0. The van der Waals surface area contributed by atoms with Gasteiger partial charge in [-0.3, -0.25) is 0 Å². The summed E-state index contributed by atoms with van der Waals surface area (Å²) in [5.41, 5.74) is 1.77. The van der Waals surface area contributed by atoms with Gasteiger partial charge in [-0.1, -0.05) is 44.5 Å². The molecule has 0 spiro atoms. The molecule has 0 saturated heterocycles. The number of aromatic nitrogens is 1. The number of thiophene rings is 1. The van der Waals surface area contributed by atoms with Gasteiger partial charge in [0.25, 0.3) is 0 Å². The monoisotopic (exact) mass is 373 g/mol. The van der Waals surface area contributed by atoms with Crippen LogP contribution in [-0.2, 0) is 12.8 Å². The second-order valence-corrected chi connectivity index (χ2v) is 9.27. The van der Waals surface area contributed by atoms with Gasteiger partial charge in [-0.05, 0) is 48.3 Å². The van der Waals surface area contributed by atoms with Crippen LogP contribution in [0.1, 0.15) is 37.6 Å². The largest absolute Gasteiger partial charge is 0.403 e. The minimum atomic E-state index is -0.299. The number of nitrogens with zero attached hydrogens (tertiary/aromatic N) is 1. The second kappa shape index (κ2) is 5.96. The first-order chi connectivity index (χ1) is 11.8. The standard InChI is InChI=1S/C20H20ClNO2S/c1-20(2,3)11-8-9-13-15(10-11)25-18-16(13)19(23)24-17(22-18)12-6-4-5-7-14(12)21/h4-7,11H,8-10H2,1-3H3/t11-/m0/s1. The predicted octanol–water partition coefficient (Wildman–Crippen LogP) is 5.72. The summed E-state index contributed by atoms with van der Waals surface area (Å²) in [6.45, 7) is 6.87. The fourth-order valence-corrected chi connectivity index (χ4v) is 5.10. The van der Waals surface area contributed by atoms with Gasteiger partial charge in [-0.25, -0.2) is 9.78 Å². The summed E-state index contributed by atoms with van der Waals surface area (Å²) >= 11 is 7.87.